The summed E-state index contributed by atoms with van der Waals surface area (Å²) in [6.45, 7) is 2.08. The standard InChI is InChI=1S/C23H23N3O4S2/c1-15-4-13-20-21(14-15)31-23(24-20)25-22(27)16-5-11-19(12-6-16)32(28,29)26(2)17-7-9-18(30-3)10-8-17/h4-13,21H,14H2,1-3H3,(H,24,25,27). The highest BCUT2D eigenvalue weighted by Gasteiger charge is 2.28. The average Bonchev–Trinajstić information content (AvgIpc) is 3.19. The van der Waals surface area contributed by atoms with Crippen molar-refractivity contribution >= 4 is 38.5 Å². The topological polar surface area (TPSA) is 88.1 Å². The number of amidine groups is 1. The number of aliphatic imine (C=N–C) groups is 1. The Bertz CT molecular complexity index is 1230. The maximum absolute atomic E-state index is 13.0. The van der Waals surface area contributed by atoms with Crippen LogP contribution in [0.25, 0.3) is 0 Å². The van der Waals surface area contributed by atoms with Gasteiger partial charge >= 0.3 is 0 Å². The van der Waals surface area contributed by atoms with E-state index in [1.165, 1.54) is 53.0 Å². The molecule has 9 heteroatoms. The van der Waals surface area contributed by atoms with Gasteiger partial charge in [-0.3, -0.25) is 9.10 Å². The number of benzene rings is 2. The maximum Gasteiger partial charge on any atom is 0.264 e. The molecule has 0 saturated heterocycles. The third kappa shape index (κ3) is 4.44. The van der Waals surface area contributed by atoms with E-state index in [-0.39, 0.29) is 16.1 Å². The molecule has 32 heavy (non-hydrogen) atoms. The Balaban J connectivity index is 1.46. The minimum atomic E-state index is -3.78. The van der Waals surface area contributed by atoms with Gasteiger partial charge in [0.25, 0.3) is 15.9 Å². The van der Waals surface area contributed by atoms with E-state index in [2.05, 4.69) is 17.2 Å². The van der Waals surface area contributed by atoms with Gasteiger partial charge < -0.3 is 10.1 Å². The SMILES string of the molecule is COc1ccc(N(C)S(=O)(=O)c2ccc(C(=O)NC3=NC4=CC=C(C)CC4S3)cc2)cc1. The zero-order valence-electron chi connectivity index (χ0n) is 17.9. The van der Waals surface area contributed by atoms with Crippen molar-refractivity contribution in [2.75, 3.05) is 18.5 Å². The molecule has 7 nitrogen and oxygen atoms in total. The third-order valence-corrected chi connectivity index (χ3v) is 8.20. The first-order valence-electron chi connectivity index (χ1n) is 9.95. The monoisotopic (exact) mass is 469 g/mol. The van der Waals surface area contributed by atoms with Crippen LogP contribution in [-0.4, -0.2) is 38.9 Å². The number of carbonyl (C=O) groups excluding carboxylic acids is 1. The summed E-state index contributed by atoms with van der Waals surface area (Å²) < 4.78 is 32.3. The number of fused-ring (bicyclic) bond motifs is 1. The second kappa shape index (κ2) is 8.84. The number of ether oxygens (including phenoxy) is 1. The molecule has 166 valence electrons. The lowest BCUT2D eigenvalue weighted by Gasteiger charge is -2.20. The van der Waals surface area contributed by atoms with Gasteiger partial charge in [-0.2, -0.15) is 0 Å². The number of nitrogens with one attached hydrogen (secondary N) is 1. The summed E-state index contributed by atoms with van der Waals surface area (Å²) in [5.74, 6) is 0.314. The van der Waals surface area contributed by atoms with Crippen molar-refractivity contribution in [3.63, 3.8) is 0 Å². The quantitative estimate of drug-likeness (QED) is 0.716. The number of allylic oxidation sites excluding steroid dienone is 3. The first-order chi connectivity index (χ1) is 15.3. The highest BCUT2D eigenvalue weighted by molar-refractivity contribution is 8.14. The van der Waals surface area contributed by atoms with Crippen LogP contribution in [0.15, 0.2) is 81.8 Å². The molecule has 4 rings (SSSR count). The highest BCUT2D eigenvalue weighted by Crippen LogP contribution is 2.36. The molecule has 0 fully saturated rings. The lowest BCUT2D eigenvalue weighted by atomic mass is 10.0. The van der Waals surface area contributed by atoms with E-state index in [0.29, 0.717) is 22.2 Å². The molecule has 0 saturated carbocycles. The predicted molar refractivity (Wildman–Crippen MR) is 128 cm³/mol. The normalized spacial score (nSPS) is 17.6. The predicted octanol–water partition coefficient (Wildman–Crippen LogP) is 3.96. The van der Waals surface area contributed by atoms with Gasteiger partial charge in [0.2, 0.25) is 0 Å². The lowest BCUT2D eigenvalue weighted by Crippen LogP contribution is -2.28. The van der Waals surface area contributed by atoms with Gasteiger partial charge in [0.05, 0.1) is 28.6 Å². The van der Waals surface area contributed by atoms with Crippen LogP contribution < -0.4 is 14.4 Å². The van der Waals surface area contributed by atoms with E-state index in [1.807, 2.05) is 12.2 Å². The molecule has 1 unspecified atom stereocenters. The molecule has 1 aliphatic carbocycles. The largest absolute Gasteiger partial charge is 0.497 e. The number of nitrogens with zero attached hydrogens (tertiary/aromatic N) is 2. The number of thioether (sulfide) groups is 1. The van der Waals surface area contributed by atoms with Crippen molar-refractivity contribution < 1.29 is 17.9 Å². The summed E-state index contributed by atoms with van der Waals surface area (Å²) in [7, 11) is -0.743. The molecule has 0 bridgehead atoms. The highest BCUT2D eigenvalue weighted by atomic mass is 32.2. The zero-order chi connectivity index (χ0) is 22.9. The second-order valence-corrected chi connectivity index (χ2v) is 10.6. The zero-order valence-corrected chi connectivity index (χ0v) is 19.5. The molecule has 1 aliphatic heterocycles. The van der Waals surface area contributed by atoms with Crippen LogP contribution in [-0.2, 0) is 10.0 Å². The third-order valence-electron chi connectivity index (χ3n) is 5.29. The number of sulfonamides is 1. The van der Waals surface area contributed by atoms with Gasteiger partial charge in [0.1, 0.15) is 5.75 Å². The van der Waals surface area contributed by atoms with E-state index in [1.54, 1.807) is 31.4 Å². The number of hydrogen-bond acceptors (Lipinski definition) is 6. The van der Waals surface area contributed by atoms with E-state index in [9.17, 15) is 13.2 Å². The van der Waals surface area contributed by atoms with Crippen LogP contribution in [0.2, 0.25) is 0 Å². The molecule has 2 aliphatic rings. The molecule has 0 aromatic heterocycles. The van der Waals surface area contributed by atoms with E-state index < -0.39 is 10.0 Å². The van der Waals surface area contributed by atoms with Crippen molar-refractivity contribution in [3.8, 4) is 5.75 Å². The summed E-state index contributed by atoms with van der Waals surface area (Å²) in [4.78, 5) is 17.2. The number of methoxy groups -OCH3 is 1. The molecular weight excluding hydrogens is 446 g/mol. The van der Waals surface area contributed by atoms with E-state index in [0.717, 1.165) is 12.1 Å². The molecular formula is C23H23N3O4S2. The number of rotatable bonds is 5. The summed E-state index contributed by atoms with van der Waals surface area (Å²) in [5.41, 5.74) is 3.10. The van der Waals surface area contributed by atoms with Crippen LogP contribution in [0.4, 0.5) is 5.69 Å². The fraction of sp³-hybridized carbons (Fsp3) is 0.217. The Kier molecular flexibility index (Phi) is 6.12. The smallest absolute Gasteiger partial charge is 0.264 e. The number of anilines is 1. The Morgan fingerprint density at radius 3 is 2.47 bits per heavy atom. The van der Waals surface area contributed by atoms with Crippen LogP contribution >= 0.6 is 11.8 Å². The minimum Gasteiger partial charge on any atom is -0.497 e. The molecule has 2 aromatic carbocycles. The second-order valence-electron chi connectivity index (χ2n) is 7.48. The number of amides is 1. The van der Waals surface area contributed by atoms with Gasteiger partial charge in [-0.1, -0.05) is 23.4 Å². The molecule has 2 aromatic rings. The van der Waals surface area contributed by atoms with Gasteiger partial charge in [-0.15, -0.1) is 0 Å². The first-order valence-corrected chi connectivity index (χ1v) is 12.3. The Morgan fingerprint density at radius 2 is 1.81 bits per heavy atom. The molecule has 1 amide bonds. The summed E-state index contributed by atoms with van der Waals surface area (Å²) in [6.07, 6.45) is 4.94. The lowest BCUT2D eigenvalue weighted by molar-refractivity contribution is 0.0978. The van der Waals surface area contributed by atoms with Crippen LogP contribution in [0.1, 0.15) is 23.7 Å². The number of hydrogen-bond donors (Lipinski definition) is 1. The van der Waals surface area contributed by atoms with Crippen LogP contribution in [0.5, 0.6) is 5.75 Å². The van der Waals surface area contributed by atoms with Gasteiger partial charge in [-0.25, -0.2) is 13.4 Å². The first kappa shape index (κ1) is 22.2. The molecule has 1 heterocycles. The Hall–Kier alpha value is -3.04. The summed E-state index contributed by atoms with van der Waals surface area (Å²) in [5, 5.41) is 3.62. The molecule has 1 N–H and O–H groups in total. The van der Waals surface area contributed by atoms with Crippen molar-refractivity contribution in [2.45, 2.75) is 23.5 Å². The van der Waals surface area contributed by atoms with E-state index in [4.69, 9.17) is 4.74 Å². The van der Waals surface area contributed by atoms with Crippen molar-refractivity contribution in [3.05, 3.63) is 77.5 Å². The number of carbonyl (C=O) groups is 1. The van der Waals surface area contributed by atoms with Crippen LogP contribution in [0, 0.1) is 0 Å². The van der Waals surface area contributed by atoms with Crippen LogP contribution in [0.3, 0.4) is 0 Å². The molecule has 0 spiro atoms. The van der Waals surface area contributed by atoms with Crippen molar-refractivity contribution in [2.24, 2.45) is 4.99 Å². The average molecular weight is 470 g/mol. The molecule has 1 atom stereocenters. The Morgan fingerprint density at radius 1 is 1.12 bits per heavy atom. The fourth-order valence-corrected chi connectivity index (χ4v) is 5.76. The van der Waals surface area contributed by atoms with E-state index >= 15 is 0 Å². The van der Waals surface area contributed by atoms with Gasteiger partial charge in [0, 0.05) is 12.6 Å². The summed E-state index contributed by atoms with van der Waals surface area (Å²) in [6, 6.07) is 12.6. The van der Waals surface area contributed by atoms with Gasteiger partial charge in [-0.05, 0) is 68.0 Å². The minimum absolute atomic E-state index is 0.0951. The fourth-order valence-electron chi connectivity index (χ4n) is 3.38. The van der Waals surface area contributed by atoms with Gasteiger partial charge in [0.15, 0.2) is 5.17 Å². The van der Waals surface area contributed by atoms with Crippen molar-refractivity contribution in [1.29, 1.82) is 0 Å². The maximum atomic E-state index is 13.0. The summed E-state index contributed by atoms with van der Waals surface area (Å²) >= 11 is 1.53. The van der Waals surface area contributed by atoms with Crippen molar-refractivity contribution in [1.82, 2.24) is 5.32 Å². The molecule has 0 radical (unpaired) electrons. The Labute approximate surface area is 191 Å².